The zero-order valence-electron chi connectivity index (χ0n) is 24.9. The van der Waals surface area contributed by atoms with Crippen LogP contribution >= 0.6 is 11.3 Å². The van der Waals surface area contributed by atoms with Crippen molar-refractivity contribution in [1.82, 2.24) is 10.1 Å². The average molecular weight is 626 g/mol. The van der Waals surface area contributed by atoms with Crippen LogP contribution in [0.4, 0.5) is 18.3 Å². The second-order valence-electron chi connectivity index (χ2n) is 12.7. The van der Waals surface area contributed by atoms with E-state index in [1.54, 1.807) is 6.07 Å². The fourth-order valence-corrected chi connectivity index (χ4v) is 8.32. The van der Waals surface area contributed by atoms with E-state index >= 15 is 0 Å². The van der Waals surface area contributed by atoms with E-state index in [2.05, 4.69) is 28.9 Å². The number of rotatable bonds is 8. The molecule has 0 spiro atoms. The summed E-state index contributed by atoms with van der Waals surface area (Å²) in [6, 6.07) is 6.61. The van der Waals surface area contributed by atoms with Crippen LogP contribution < -0.4 is 4.90 Å². The Hall–Kier alpha value is -3.44. The van der Waals surface area contributed by atoms with Crippen LogP contribution in [0.1, 0.15) is 73.6 Å². The Morgan fingerprint density at radius 3 is 2.64 bits per heavy atom. The number of fused-ring (bicyclic) bond motifs is 2. The van der Waals surface area contributed by atoms with Gasteiger partial charge in [0.05, 0.1) is 35.6 Å². The highest BCUT2D eigenvalue weighted by Gasteiger charge is 2.52. The van der Waals surface area contributed by atoms with Gasteiger partial charge >= 0.3 is 5.97 Å². The lowest BCUT2D eigenvalue weighted by Crippen LogP contribution is -2.42. The molecule has 44 heavy (non-hydrogen) atoms. The summed E-state index contributed by atoms with van der Waals surface area (Å²) in [6.45, 7) is 6.25. The SMILES string of the molecule is COC(=O)c1cc(F)c2nc(N3CC4C[C@@H](OCc5c(-c6c(F)cccc6F)noc5C5CC5)CC[C@]4(C(C)C)C3)sc2c1. The molecule has 0 radical (unpaired) electrons. The van der Waals surface area contributed by atoms with Crippen LogP contribution in [0.15, 0.2) is 34.9 Å². The number of anilines is 1. The molecule has 0 amide bonds. The number of nitrogens with zero attached hydrogens (tertiary/aromatic N) is 3. The van der Waals surface area contributed by atoms with Gasteiger partial charge in [0.15, 0.2) is 10.9 Å². The van der Waals surface area contributed by atoms with Crippen molar-refractivity contribution >= 4 is 32.7 Å². The summed E-state index contributed by atoms with van der Waals surface area (Å²) in [5.41, 5.74) is 1.11. The third-order valence-electron chi connectivity index (χ3n) is 9.93. The maximum atomic E-state index is 14.9. The predicted octanol–water partition coefficient (Wildman–Crippen LogP) is 7.88. The summed E-state index contributed by atoms with van der Waals surface area (Å²) in [5, 5.41) is 4.85. The van der Waals surface area contributed by atoms with Crippen LogP contribution in [0.5, 0.6) is 0 Å². The Labute approximate surface area is 257 Å². The number of hydrogen-bond donors (Lipinski definition) is 0. The summed E-state index contributed by atoms with van der Waals surface area (Å²) in [6.07, 6.45) is 4.51. The van der Waals surface area contributed by atoms with Crippen LogP contribution in [0.2, 0.25) is 0 Å². The first-order chi connectivity index (χ1) is 21.2. The van der Waals surface area contributed by atoms with Crippen molar-refractivity contribution in [2.75, 3.05) is 25.1 Å². The van der Waals surface area contributed by atoms with E-state index in [9.17, 15) is 18.0 Å². The normalized spacial score (nSPS) is 23.5. The predicted molar refractivity (Wildman–Crippen MR) is 160 cm³/mol. The lowest BCUT2D eigenvalue weighted by atomic mass is 9.62. The lowest BCUT2D eigenvalue weighted by molar-refractivity contribution is -0.0423. The lowest BCUT2D eigenvalue weighted by Gasteiger charge is -2.44. The smallest absolute Gasteiger partial charge is 0.338 e. The van der Waals surface area contributed by atoms with E-state index in [4.69, 9.17) is 14.0 Å². The number of ether oxygens (including phenoxy) is 2. The summed E-state index contributed by atoms with van der Waals surface area (Å²) in [4.78, 5) is 18.9. The second-order valence-corrected chi connectivity index (χ2v) is 13.7. The van der Waals surface area contributed by atoms with Crippen molar-refractivity contribution in [2.45, 2.75) is 64.6 Å². The largest absolute Gasteiger partial charge is 0.465 e. The molecule has 3 atom stereocenters. The molecule has 2 aliphatic carbocycles. The molecule has 1 saturated heterocycles. The van der Waals surface area contributed by atoms with Crippen molar-refractivity contribution in [1.29, 1.82) is 0 Å². The minimum Gasteiger partial charge on any atom is -0.465 e. The van der Waals surface area contributed by atoms with E-state index < -0.39 is 23.4 Å². The maximum absolute atomic E-state index is 14.9. The molecule has 0 bridgehead atoms. The number of aromatic nitrogens is 2. The summed E-state index contributed by atoms with van der Waals surface area (Å²) in [5.74, 6) is -0.881. The molecule has 4 aromatic rings. The van der Waals surface area contributed by atoms with Crippen molar-refractivity contribution in [3.8, 4) is 11.3 Å². The molecule has 2 saturated carbocycles. The van der Waals surface area contributed by atoms with Crippen LogP contribution in [-0.4, -0.2) is 42.4 Å². The van der Waals surface area contributed by atoms with Crippen LogP contribution in [0.25, 0.3) is 21.5 Å². The van der Waals surface area contributed by atoms with Crippen molar-refractivity contribution in [3.63, 3.8) is 0 Å². The van der Waals surface area contributed by atoms with Crippen molar-refractivity contribution in [3.05, 3.63) is 64.7 Å². The molecular weight excluding hydrogens is 591 g/mol. The molecule has 3 fully saturated rings. The summed E-state index contributed by atoms with van der Waals surface area (Å²) < 4.78 is 61.9. The monoisotopic (exact) mass is 625 g/mol. The molecule has 11 heteroatoms. The zero-order valence-corrected chi connectivity index (χ0v) is 25.7. The highest BCUT2D eigenvalue weighted by molar-refractivity contribution is 7.22. The number of carbonyl (C=O) groups is 1. The standard InChI is InChI=1S/C33H34F3N3O4S/c1-17(2)33-10-9-21(42-15-22-28(38-43-30(22)18-7-8-18)27-23(34)5-4-6-24(27)35)13-20(33)14-39(16-33)32-37-29-25(36)11-19(31(40)41-3)12-26(29)44-32/h4-6,11-12,17-18,20-21H,7-10,13-16H2,1-3H3/t20?,21-,33+/m0/s1. The Balaban J connectivity index is 1.11. The zero-order chi connectivity index (χ0) is 30.7. The van der Waals surface area contributed by atoms with E-state index in [0.717, 1.165) is 50.3 Å². The molecule has 232 valence electrons. The third kappa shape index (κ3) is 4.98. The summed E-state index contributed by atoms with van der Waals surface area (Å²) >= 11 is 1.39. The van der Waals surface area contributed by atoms with Gasteiger partial charge in [-0.2, -0.15) is 0 Å². The quantitative estimate of drug-likeness (QED) is 0.184. The number of hydrogen-bond acceptors (Lipinski definition) is 8. The number of halogens is 3. The Morgan fingerprint density at radius 2 is 1.93 bits per heavy atom. The maximum Gasteiger partial charge on any atom is 0.338 e. The first kappa shape index (κ1) is 29.3. The fraction of sp³-hybridized carbons (Fsp3) is 0.485. The number of carbonyl (C=O) groups excluding carboxylic acids is 1. The van der Waals surface area contributed by atoms with Gasteiger partial charge in [-0.3, -0.25) is 0 Å². The topological polar surface area (TPSA) is 77.7 Å². The van der Waals surface area contributed by atoms with E-state index in [1.165, 1.54) is 42.7 Å². The molecule has 7 nitrogen and oxygen atoms in total. The molecule has 3 aliphatic rings. The molecule has 0 N–H and O–H groups in total. The number of esters is 1. The summed E-state index contributed by atoms with van der Waals surface area (Å²) in [7, 11) is 1.27. The number of methoxy groups -OCH3 is 1. The average Bonchev–Trinajstić information content (AvgIpc) is 3.42. The minimum atomic E-state index is -0.677. The Morgan fingerprint density at radius 1 is 1.16 bits per heavy atom. The van der Waals surface area contributed by atoms with Crippen LogP contribution in [0, 0.1) is 34.7 Å². The van der Waals surface area contributed by atoms with Gasteiger partial charge in [-0.1, -0.05) is 36.4 Å². The van der Waals surface area contributed by atoms with E-state index in [0.29, 0.717) is 27.9 Å². The van der Waals surface area contributed by atoms with Crippen LogP contribution in [0.3, 0.4) is 0 Å². The molecule has 3 heterocycles. The van der Waals surface area contributed by atoms with Crippen molar-refractivity contribution in [2.24, 2.45) is 17.3 Å². The van der Waals surface area contributed by atoms with E-state index in [1.807, 2.05) is 0 Å². The van der Waals surface area contributed by atoms with Gasteiger partial charge < -0.3 is 18.9 Å². The highest BCUT2D eigenvalue weighted by Crippen LogP contribution is 2.54. The first-order valence-electron chi connectivity index (χ1n) is 15.2. The number of benzene rings is 2. The molecular formula is C33H34F3N3O4S. The first-order valence-corrected chi connectivity index (χ1v) is 16.0. The number of thiazole rings is 1. The minimum absolute atomic E-state index is 0.0393. The van der Waals surface area contributed by atoms with Gasteiger partial charge in [-0.05, 0) is 73.6 Å². The molecule has 7 rings (SSSR count). The van der Waals surface area contributed by atoms with Gasteiger partial charge in [0.1, 0.15) is 28.6 Å². The van der Waals surface area contributed by atoms with Crippen molar-refractivity contribution < 1.29 is 32.0 Å². The Kier molecular flexibility index (Phi) is 7.43. The van der Waals surface area contributed by atoms with E-state index in [-0.39, 0.29) is 46.4 Å². The van der Waals surface area contributed by atoms with Gasteiger partial charge in [0.2, 0.25) is 0 Å². The van der Waals surface area contributed by atoms with Gasteiger partial charge in [-0.15, -0.1) is 0 Å². The molecule has 2 aromatic carbocycles. The Bertz CT molecular complexity index is 1710. The van der Waals surface area contributed by atoms with Crippen LogP contribution in [-0.2, 0) is 16.1 Å². The third-order valence-corrected chi connectivity index (χ3v) is 11.0. The van der Waals surface area contributed by atoms with Gasteiger partial charge in [-0.25, -0.2) is 22.9 Å². The molecule has 2 aromatic heterocycles. The van der Waals surface area contributed by atoms with Gasteiger partial charge in [0, 0.05) is 24.6 Å². The molecule has 1 unspecified atom stereocenters. The second kappa shape index (κ2) is 11.2. The fourth-order valence-electron chi connectivity index (χ4n) is 7.29. The highest BCUT2D eigenvalue weighted by atomic mass is 32.1. The van der Waals surface area contributed by atoms with Gasteiger partial charge in [0.25, 0.3) is 0 Å². The molecule has 1 aliphatic heterocycles.